The molecule has 0 spiro atoms. The maximum Gasteiger partial charge on any atom is 0.295 e. The summed E-state index contributed by atoms with van der Waals surface area (Å²) in [6.45, 7) is 0. The second-order valence-corrected chi connectivity index (χ2v) is 7.81. The highest BCUT2D eigenvalue weighted by molar-refractivity contribution is 9.10. The van der Waals surface area contributed by atoms with Gasteiger partial charge in [-0.05, 0) is 42.5 Å². The van der Waals surface area contributed by atoms with Crippen molar-refractivity contribution in [3.8, 4) is 17.1 Å². The Hall–Kier alpha value is -2.77. The molecule has 0 saturated heterocycles. The van der Waals surface area contributed by atoms with E-state index in [1.54, 1.807) is 4.68 Å². The van der Waals surface area contributed by atoms with Crippen molar-refractivity contribution in [2.45, 2.75) is 0 Å². The van der Waals surface area contributed by atoms with Crippen LogP contribution < -0.4 is 5.32 Å². The molecule has 0 bridgehead atoms. The van der Waals surface area contributed by atoms with E-state index in [-0.39, 0.29) is 11.7 Å². The van der Waals surface area contributed by atoms with Gasteiger partial charge in [0.15, 0.2) is 5.82 Å². The molecular formula is C21H14Br2N4O. The van der Waals surface area contributed by atoms with Crippen LogP contribution in [0, 0.1) is 0 Å². The molecular weight excluding hydrogens is 484 g/mol. The Balaban J connectivity index is 1.74. The van der Waals surface area contributed by atoms with Crippen molar-refractivity contribution in [1.29, 1.82) is 0 Å². The standard InChI is InChI=1S/C21H14Br2N4O/c22-15-11-9-14(10-12-15)20-25-19(26-27(20)18-7-2-1-3-8-18)21(28)24-17-6-4-5-16(23)13-17/h1-13H,(H,24,28). The molecule has 0 aliphatic rings. The summed E-state index contributed by atoms with van der Waals surface area (Å²) in [7, 11) is 0. The Labute approximate surface area is 178 Å². The van der Waals surface area contributed by atoms with E-state index < -0.39 is 0 Å². The topological polar surface area (TPSA) is 59.8 Å². The summed E-state index contributed by atoms with van der Waals surface area (Å²) in [5, 5.41) is 7.30. The van der Waals surface area contributed by atoms with Gasteiger partial charge in [0.1, 0.15) is 0 Å². The van der Waals surface area contributed by atoms with Crippen molar-refractivity contribution in [3.63, 3.8) is 0 Å². The van der Waals surface area contributed by atoms with Crippen LogP contribution in [0.4, 0.5) is 5.69 Å². The van der Waals surface area contributed by atoms with Crippen LogP contribution in [0.1, 0.15) is 10.6 Å². The molecule has 1 aromatic heterocycles. The van der Waals surface area contributed by atoms with Crippen molar-refractivity contribution >= 4 is 43.5 Å². The molecule has 28 heavy (non-hydrogen) atoms. The van der Waals surface area contributed by atoms with Gasteiger partial charge in [0.05, 0.1) is 5.69 Å². The first kappa shape index (κ1) is 18.6. The molecule has 4 rings (SSSR count). The van der Waals surface area contributed by atoms with Crippen LogP contribution in [0.25, 0.3) is 17.1 Å². The lowest BCUT2D eigenvalue weighted by atomic mass is 10.2. The fourth-order valence-electron chi connectivity index (χ4n) is 2.70. The number of carbonyl (C=O) groups is 1. The van der Waals surface area contributed by atoms with Gasteiger partial charge in [0.2, 0.25) is 5.82 Å². The zero-order valence-corrected chi connectivity index (χ0v) is 17.7. The van der Waals surface area contributed by atoms with E-state index in [4.69, 9.17) is 0 Å². The van der Waals surface area contributed by atoms with Gasteiger partial charge in [-0.3, -0.25) is 4.79 Å². The Morgan fingerprint density at radius 2 is 1.61 bits per heavy atom. The first-order chi connectivity index (χ1) is 13.6. The van der Waals surface area contributed by atoms with E-state index in [1.165, 1.54) is 0 Å². The van der Waals surface area contributed by atoms with E-state index in [0.29, 0.717) is 11.5 Å². The molecule has 5 nitrogen and oxygen atoms in total. The Morgan fingerprint density at radius 1 is 0.857 bits per heavy atom. The summed E-state index contributed by atoms with van der Waals surface area (Å²) in [4.78, 5) is 17.3. The van der Waals surface area contributed by atoms with Gasteiger partial charge in [-0.2, -0.15) is 0 Å². The van der Waals surface area contributed by atoms with Crippen LogP contribution >= 0.6 is 31.9 Å². The van der Waals surface area contributed by atoms with Crippen molar-refractivity contribution < 1.29 is 4.79 Å². The highest BCUT2D eigenvalue weighted by atomic mass is 79.9. The molecule has 0 atom stereocenters. The molecule has 0 aliphatic carbocycles. The van der Waals surface area contributed by atoms with E-state index in [2.05, 4.69) is 47.3 Å². The minimum absolute atomic E-state index is 0.0988. The van der Waals surface area contributed by atoms with Crippen LogP contribution in [0.2, 0.25) is 0 Å². The van der Waals surface area contributed by atoms with Gasteiger partial charge < -0.3 is 5.32 Å². The minimum Gasteiger partial charge on any atom is -0.319 e. The number of nitrogens with zero attached hydrogens (tertiary/aromatic N) is 3. The fraction of sp³-hybridized carbons (Fsp3) is 0. The van der Waals surface area contributed by atoms with Crippen molar-refractivity contribution in [1.82, 2.24) is 14.8 Å². The monoisotopic (exact) mass is 496 g/mol. The molecule has 1 heterocycles. The summed E-state index contributed by atoms with van der Waals surface area (Å²) >= 11 is 6.84. The Morgan fingerprint density at radius 3 is 2.32 bits per heavy atom. The highest BCUT2D eigenvalue weighted by Crippen LogP contribution is 2.24. The third-order valence-corrected chi connectivity index (χ3v) is 5.02. The number of aromatic nitrogens is 3. The van der Waals surface area contributed by atoms with Gasteiger partial charge in [0, 0.05) is 20.2 Å². The van der Waals surface area contributed by atoms with E-state index in [0.717, 1.165) is 20.2 Å². The lowest BCUT2D eigenvalue weighted by Crippen LogP contribution is -2.14. The van der Waals surface area contributed by atoms with E-state index in [9.17, 15) is 4.79 Å². The molecule has 1 N–H and O–H groups in total. The maximum atomic E-state index is 12.7. The minimum atomic E-state index is -0.369. The molecule has 3 aromatic carbocycles. The number of benzene rings is 3. The quantitative estimate of drug-likeness (QED) is 0.392. The number of nitrogens with one attached hydrogen (secondary N) is 1. The van der Waals surface area contributed by atoms with Crippen molar-refractivity contribution in [2.24, 2.45) is 0 Å². The largest absolute Gasteiger partial charge is 0.319 e. The van der Waals surface area contributed by atoms with Crippen LogP contribution in [-0.4, -0.2) is 20.7 Å². The molecule has 1 amide bonds. The summed E-state index contributed by atoms with van der Waals surface area (Å²) in [5.74, 6) is 0.325. The molecule has 0 aliphatic heterocycles. The van der Waals surface area contributed by atoms with Gasteiger partial charge in [-0.15, -0.1) is 5.10 Å². The van der Waals surface area contributed by atoms with Gasteiger partial charge in [0.25, 0.3) is 5.91 Å². The molecule has 0 saturated carbocycles. The predicted octanol–water partition coefficient (Wildman–Crippen LogP) is 5.71. The normalized spacial score (nSPS) is 10.6. The molecule has 0 fully saturated rings. The summed E-state index contributed by atoms with van der Waals surface area (Å²) in [6, 6.07) is 24.7. The third kappa shape index (κ3) is 4.05. The number of hydrogen-bond donors (Lipinski definition) is 1. The number of hydrogen-bond acceptors (Lipinski definition) is 3. The first-order valence-corrected chi connectivity index (χ1v) is 10.0. The fourth-order valence-corrected chi connectivity index (χ4v) is 3.36. The number of amides is 1. The van der Waals surface area contributed by atoms with Gasteiger partial charge in [-0.25, -0.2) is 9.67 Å². The van der Waals surface area contributed by atoms with E-state index >= 15 is 0 Å². The van der Waals surface area contributed by atoms with Crippen LogP contribution in [0.3, 0.4) is 0 Å². The zero-order chi connectivity index (χ0) is 19.5. The Bertz CT molecular complexity index is 1120. The smallest absolute Gasteiger partial charge is 0.295 e. The number of rotatable bonds is 4. The van der Waals surface area contributed by atoms with Crippen molar-refractivity contribution in [2.75, 3.05) is 5.32 Å². The maximum absolute atomic E-state index is 12.7. The number of halogens is 2. The van der Waals surface area contributed by atoms with Gasteiger partial charge in [-0.1, -0.05) is 68.3 Å². The molecule has 4 aromatic rings. The Kier molecular flexibility index (Phi) is 5.36. The molecule has 0 unspecified atom stereocenters. The average Bonchev–Trinajstić information content (AvgIpc) is 3.15. The van der Waals surface area contributed by atoms with Crippen LogP contribution in [0.15, 0.2) is 87.8 Å². The highest BCUT2D eigenvalue weighted by Gasteiger charge is 2.19. The van der Waals surface area contributed by atoms with E-state index in [1.807, 2.05) is 78.9 Å². The molecule has 138 valence electrons. The number of para-hydroxylation sites is 1. The lowest BCUT2D eigenvalue weighted by molar-refractivity contribution is 0.101. The molecule has 0 radical (unpaired) electrons. The second kappa shape index (κ2) is 8.08. The van der Waals surface area contributed by atoms with Gasteiger partial charge >= 0.3 is 0 Å². The zero-order valence-electron chi connectivity index (χ0n) is 14.5. The second-order valence-electron chi connectivity index (χ2n) is 5.98. The van der Waals surface area contributed by atoms with Crippen LogP contribution in [-0.2, 0) is 0 Å². The lowest BCUT2D eigenvalue weighted by Gasteiger charge is -2.05. The number of anilines is 1. The average molecular weight is 498 g/mol. The molecule has 7 heteroatoms. The number of carbonyl (C=O) groups excluding carboxylic acids is 1. The van der Waals surface area contributed by atoms with Crippen LogP contribution in [0.5, 0.6) is 0 Å². The first-order valence-electron chi connectivity index (χ1n) is 8.45. The predicted molar refractivity (Wildman–Crippen MR) is 117 cm³/mol. The third-order valence-electron chi connectivity index (χ3n) is 4.00. The summed E-state index contributed by atoms with van der Waals surface area (Å²) in [6.07, 6.45) is 0. The van der Waals surface area contributed by atoms with Crippen molar-refractivity contribution in [3.05, 3.63) is 93.6 Å². The summed E-state index contributed by atoms with van der Waals surface area (Å²) in [5.41, 5.74) is 2.36. The summed E-state index contributed by atoms with van der Waals surface area (Å²) < 4.78 is 3.53. The SMILES string of the molecule is O=C(Nc1cccc(Br)c1)c1nc(-c2ccc(Br)cc2)n(-c2ccccc2)n1.